The van der Waals surface area contributed by atoms with Gasteiger partial charge in [-0.25, -0.2) is 0 Å². The number of hydrogen-bond acceptors (Lipinski definition) is 6. The first-order valence-electron chi connectivity index (χ1n) is 5.49. The molecule has 1 aliphatic heterocycles. The van der Waals surface area contributed by atoms with Crippen LogP contribution in [-0.2, 0) is 0 Å². The molecular weight excluding hydrogens is 302 g/mol. The van der Waals surface area contributed by atoms with E-state index in [-0.39, 0.29) is 15.7 Å². The summed E-state index contributed by atoms with van der Waals surface area (Å²) >= 11 is 3.93. The Morgan fingerprint density at radius 3 is 2.74 bits per heavy atom. The van der Waals surface area contributed by atoms with Crippen molar-refractivity contribution in [2.24, 2.45) is 0 Å². The molecular formula is C11H7N3O2S3. The summed E-state index contributed by atoms with van der Waals surface area (Å²) in [7, 11) is 0. The molecule has 4 rings (SSSR count). The van der Waals surface area contributed by atoms with Crippen LogP contribution in [0.2, 0.25) is 0 Å². The Hall–Kier alpha value is -1.64. The molecule has 0 amide bonds. The predicted octanol–water partition coefficient (Wildman–Crippen LogP) is 2.48. The van der Waals surface area contributed by atoms with E-state index in [4.69, 9.17) is 0 Å². The molecule has 8 heteroatoms. The average molecular weight is 309 g/mol. The lowest BCUT2D eigenvalue weighted by Crippen LogP contribution is -2.11. The van der Waals surface area contributed by atoms with E-state index in [1.54, 1.807) is 11.3 Å². The Balaban J connectivity index is 2.02. The molecule has 0 saturated heterocycles. The maximum atomic E-state index is 11.6. The summed E-state index contributed by atoms with van der Waals surface area (Å²) < 4.78 is 0. The van der Waals surface area contributed by atoms with E-state index in [0.29, 0.717) is 5.82 Å². The van der Waals surface area contributed by atoms with Crippen molar-refractivity contribution in [2.75, 3.05) is 5.32 Å². The summed E-state index contributed by atoms with van der Waals surface area (Å²) in [5, 5.41) is 5.90. The zero-order valence-corrected chi connectivity index (χ0v) is 11.8. The van der Waals surface area contributed by atoms with Crippen molar-refractivity contribution in [3.05, 3.63) is 52.3 Å². The van der Waals surface area contributed by atoms with E-state index in [1.807, 2.05) is 17.5 Å². The molecule has 0 bridgehead atoms. The minimum Gasteiger partial charge on any atom is -0.331 e. The third kappa shape index (κ3) is 1.64. The van der Waals surface area contributed by atoms with E-state index < -0.39 is 0 Å². The second kappa shape index (κ2) is 3.92. The predicted molar refractivity (Wildman–Crippen MR) is 78.4 cm³/mol. The molecule has 5 nitrogen and oxygen atoms in total. The first-order chi connectivity index (χ1) is 9.22. The summed E-state index contributed by atoms with van der Waals surface area (Å²) in [6, 6.07) is 4.00. The van der Waals surface area contributed by atoms with E-state index >= 15 is 0 Å². The van der Waals surface area contributed by atoms with Crippen molar-refractivity contribution in [1.82, 2.24) is 9.97 Å². The monoisotopic (exact) mass is 309 g/mol. The number of nitrogens with one attached hydrogen (secondary N) is 3. The van der Waals surface area contributed by atoms with Crippen LogP contribution in [0.1, 0.15) is 21.4 Å². The normalized spacial score (nSPS) is 16.7. The molecule has 0 spiro atoms. The number of anilines is 2. The van der Waals surface area contributed by atoms with Gasteiger partial charge in [0.25, 0.3) is 0 Å². The van der Waals surface area contributed by atoms with Gasteiger partial charge >= 0.3 is 9.75 Å². The number of rotatable bonds is 1. The summed E-state index contributed by atoms with van der Waals surface area (Å²) in [4.78, 5) is 30.7. The zero-order chi connectivity index (χ0) is 13.0. The lowest BCUT2D eigenvalue weighted by atomic mass is 9.99. The van der Waals surface area contributed by atoms with Crippen LogP contribution in [0.4, 0.5) is 10.8 Å². The summed E-state index contributed by atoms with van der Waals surface area (Å²) in [6.07, 6.45) is 0. The fourth-order valence-electron chi connectivity index (χ4n) is 2.24. The van der Waals surface area contributed by atoms with Crippen molar-refractivity contribution < 1.29 is 0 Å². The van der Waals surface area contributed by atoms with E-state index in [9.17, 15) is 9.59 Å². The minimum atomic E-state index is -0.0865. The Bertz CT molecular complexity index is 798. The van der Waals surface area contributed by atoms with Crippen molar-refractivity contribution in [3.63, 3.8) is 0 Å². The van der Waals surface area contributed by atoms with Crippen LogP contribution in [0.5, 0.6) is 0 Å². The minimum absolute atomic E-state index is 0.0610. The highest BCUT2D eigenvalue weighted by molar-refractivity contribution is 7.14. The number of H-pyrrole nitrogens is 2. The number of thiazole rings is 2. The van der Waals surface area contributed by atoms with Gasteiger partial charge in [0.1, 0.15) is 10.8 Å². The summed E-state index contributed by atoms with van der Waals surface area (Å²) in [5.74, 6) is 0.644. The van der Waals surface area contributed by atoms with Gasteiger partial charge < -0.3 is 10.3 Å². The average Bonchev–Trinajstić information content (AvgIpc) is 3.03. The third-order valence-electron chi connectivity index (χ3n) is 2.97. The number of aromatic amines is 2. The molecule has 0 aromatic carbocycles. The Kier molecular flexibility index (Phi) is 2.32. The highest BCUT2D eigenvalue weighted by atomic mass is 32.1. The van der Waals surface area contributed by atoms with Gasteiger partial charge in [-0.15, -0.1) is 11.3 Å². The fraction of sp³-hybridized carbons (Fsp3) is 0.0909. The van der Waals surface area contributed by atoms with Gasteiger partial charge in [0.05, 0.1) is 16.5 Å². The van der Waals surface area contributed by atoms with Crippen LogP contribution in [-0.4, -0.2) is 9.97 Å². The molecule has 1 aliphatic rings. The molecule has 0 aliphatic carbocycles. The molecule has 3 N–H and O–H groups in total. The summed E-state index contributed by atoms with van der Waals surface area (Å²) in [5.41, 5.74) is 0.847. The quantitative estimate of drug-likeness (QED) is 0.505. The van der Waals surface area contributed by atoms with Crippen molar-refractivity contribution in [2.45, 2.75) is 5.92 Å². The number of thiophene rings is 1. The molecule has 1 unspecified atom stereocenters. The number of hydrogen-bond donors (Lipinski definition) is 3. The Labute approximate surface area is 118 Å². The van der Waals surface area contributed by atoms with Crippen LogP contribution in [0.3, 0.4) is 0 Å². The molecule has 1 atom stereocenters. The zero-order valence-electron chi connectivity index (χ0n) is 9.35. The smallest absolute Gasteiger partial charge is 0.306 e. The molecule has 3 aromatic heterocycles. The Morgan fingerprint density at radius 2 is 1.95 bits per heavy atom. The van der Waals surface area contributed by atoms with Crippen molar-refractivity contribution >= 4 is 44.8 Å². The highest BCUT2D eigenvalue weighted by Crippen LogP contribution is 2.46. The van der Waals surface area contributed by atoms with E-state index in [0.717, 1.165) is 31.8 Å². The topological polar surface area (TPSA) is 77.8 Å². The third-order valence-corrected chi connectivity index (χ3v) is 5.67. The van der Waals surface area contributed by atoms with Gasteiger partial charge in [-0.3, -0.25) is 14.6 Å². The largest absolute Gasteiger partial charge is 0.331 e. The van der Waals surface area contributed by atoms with Crippen LogP contribution < -0.4 is 15.1 Å². The maximum absolute atomic E-state index is 11.6. The SMILES string of the molecule is O=c1[nH]c2c(s1)Nc1[nH]c(=O)sc1C2c1cccs1. The van der Waals surface area contributed by atoms with Gasteiger partial charge in [-0.2, -0.15) is 0 Å². The summed E-state index contributed by atoms with van der Waals surface area (Å²) in [6.45, 7) is 0. The molecule has 96 valence electrons. The van der Waals surface area contributed by atoms with Gasteiger partial charge in [-0.05, 0) is 11.4 Å². The van der Waals surface area contributed by atoms with Crippen LogP contribution >= 0.6 is 34.0 Å². The fourth-order valence-corrected chi connectivity index (χ4v) is 4.86. The second-order valence-electron chi connectivity index (χ2n) is 4.08. The van der Waals surface area contributed by atoms with Crippen molar-refractivity contribution in [1.29, 1.82) is 0 Å². The molecule has 0 radical (unpaired) electrons. The van der Waals surface area contributed by atoms with E-state index in [1.165, 1.54) is 11.3 Å². The lowest BCUT2D eigenvalue weighted by Gasteiger charge is -2.21. The molecule has 0 saturated carbocycles. The lowest BCUT2D eigenvalue weighted by molar-refractivity contribution is 0.953. The first-order valence-corrected chi connectivity index (χ1v) is 8.00. The van der Waals surface area contributed by atoms with Crippen LogP contribution in [0, 0.1) is 0 Å². The van der Waals surface area contributed by atoms with Gasteiger partial charge in [-0.1, -0.05) is 28.7 Å². The van der Waals surface area contributed by atoms with E-state index in [2.05, 4.69) is 15.3 Å². The van der Waals surface area contributed by atoms with Crippen LogP contribution in [0.15, 0.2) is 27.1 Å². The first kappa shape index (κ1) is 11.2. The van der Waals surface area contributed by atoms with Crippen LogP contribution in [0.25, 0.3) is 0 Å². The molecule has 4 heterocycles. The second-order valence-corrected chi connectivity index (χ2v) is 7.06. The van der Waals surface area contributed by atoms with Gasteiger partial charge in [0.2, 0.25) is 0 Å². The highest BCUT2D eigenvalue weighted by Gasteiger charge is 2.32. The maximum Gasteiger partial charge on any atom is 0.306 e. The van der Waals surface area contributed by atoms with Crippen molar-refractivity contribution in [3.8, 4) is 0 Å². The molecule has 19 heavy (non-hydrogen) atoms. The number of fused-ring (bicyclic) bond motifs is 2. The Morgan fingerprint density at radius 1 is 1.11 bits per heavy atom. The molecule has 0 fully saturated rings. The van der Waals surface area contributed by atoms with Gasteiger partial charge in [0, 0.05) is 4.88 Å². The standard InChI is InChI=1S/C11H7N3O2S3/c15-10-12-6-5(4-2-1-3-17-4)7-8(13-9(6)19-10)14-11(16)18-7/h1-3,5,13H,(H,12,15)(H,14,16). The van der Waals surface area contributed by atoms with Gasteiger partial charge in [0.15, 0.2) is 0 Å². The molecule has 3 aromatic rings. The number of aromatic nitrogens is 2.